The molecule has 0 fully saturated rings. The van der Waals surface area contributed by atoms with Crippen molar-refractivity contribution in [2.45, 2.75) is 116 Å². The monoisotopic (exact) mass is 533 g/mol. The van der Waals surface area contributed by atoms with E-state index in [2.05, 4.69) is 13.8 Å². The summed E-state index contributed by atoms with van der Waals surface area (Å²) in [5.41, 5.74) is 2.60. The summed E-state index contributed by atoms with van der Waals surface area (Å²) in [5, 5.41) is 12.4. The maximum atomic E-state index is 12.4. The molecule has 2 aromatic carbocycles. The van der Waals surface area contributed by atoms with E-state index in [1.807, 2.05) is 11.4 Å². The highest BCUT2D eigenvalue weighted by molar-refractivity contribution is 5.94. The van der Waals surface area contributed by atoms with Crippen molar-refractivity contribution >= 4 is 11.6 Å². The number of fused-ring (bicyclic) bond motifs is 1. The van der Waals surface area contributed by atoms with E-state index in [0.717, 1.165) is 48.1 Å². The molecule has 1 atom stereocenters. The normalized spacial score (nSPS) is 17.1. The third kappa shape index (κ3) is 9.25. The Labute approximate surface area is 225 Å². The zero-order chi connectivity index (χ0) is 27.6. The van der Waals surface area contributed by atoms with Gasteiger partial charge in [0.25, 0.3) is 0 Å². The molecular weight excluding hydrogens is 491 g/mol. The van der Waals surface area contributed by atoms with E-state index in [-0.39, 0.29) is 17.0 Å². The number of unbranched alkanes of at least 4 members (excludes halogenated alkanes) is 8. The lowest BCUT2D eigenvalue weighted by Crippen LogP contribution is -2.36. The van der Waals surface area contributed by atoms with Crippen molar-refractivity contribution in [3.63, 3.8) is 0 Å². The second-order valence-electron chi connectivity index (χ2n) is 10.9. The van der Waals surface area contributed by atoms with E-state index < -0.39 is 12.1 Å². The number of aryl methyl sites for hydroxylation is 3. The fourth-order valence-corrected chi connectivity index (χ4v) is 5.08. The molecule has 1 amide bonds. The van der Waals surface area contributed by atoms with Crippen molar-refractivity contribution in [3.05, 3.63) is 53.1 Å². The molecule has 0 radical (unpaired) electrons. The van der Waals surface area contributed by atoms with Crippen LogP contribution in [0.15, 0.2) is 36.4 Å². The first-order valence-corrected chi connectivity index (χ1v) is 14.1. The Morgan fingerprint density at radius 2 is 1.61 bits per heavy atom. The summed E-state index contributed by atoms with van der Waals surface area (Å²) in [6.07, 6.45) is 10.7. The number of amides is 1. The third-order valence-electron chi connectivity index (χ3n) is 7.50. The molecule has 38 heavy (non-hydrogen) atoms. The largest absolute Gasteiger partial charge is 0.508 e. The minimum absolute atomic E-state index is 0.0902. The number of phenols is 1. The van der Waals surface area contributed by atoms with Gasteiger partial charge < -0.3 is 15.2 Å². The number of carbonyl (C=O) groups excluding carboxylic acids is 1. The fourth-order valence-electron chi connectivity index (χ4n) is 5.08. The highest BCUT2D eigenvalue weighted by Crippen LogP contribution is 2.39. The summed E-state index contributed by atoms with van der Waals surface area (Å²) in [4.78, 5) is 11.1. The Morgan fingerprint density at radius 1 is 0.974 bits per heavy atom. The minimum atomic E-state index is -4.92. The molecule has 7 heteroatoms. The van der Waals surface area contributed by atoms with Gasteiger partial charge in [-0.2, -0.15) is 13.2 Å². The average Bonchev–Trinajstić information content (AvgIpc) is 2.87. The molecule has 1 aliphatic rings. The molecule has 0 spiro atoms. The van der Waals surface area contributed by atoms with Gasteiger partial charge in [-0.15, -0.1) is 0 Å². The number of rotatable bonds is 14. The van der Waals surface area contributed by atoms with Gasteiger partial charge in [-0.3, -0.25) is 4.79 Å². The van der Waals surface area contributed by atoms with Crippen molar-refractivity contribution < 1.29 is 27.8 Å². The van der Waals surface area contributed by atoms with E-state index in [9.17, 15) is 23.1 Å². The van der Waals surface area contributed by atoms with Crippen LogP contribution in [0.2, 0.25) is 0 Å². The number of benzene rings is 2. The van der Waals surface area contributed by atoms with Crippen LogP contribution < -0.4 is 10.1 Å². The second-order valence-corrected chi connectivity index (χ2v) is 10.9. The van der Waals surface area contributed by atoms with Gasteiger partial charge in [0.05, 0.1) is 0 Å². The Morgan fingerprint density at radius 3 is 2.24 bits per heavy atom. The molecule has 0 aromatic heterocycles. The maximum Gasteiger partial charge on any atom is 0.471 e. The number of anilines is 1. The third-order valence-corrected chi connectivity index (χ3v) is 7.50. The summed E-state index contributed by atoms with van der Waals surface area (Å²) < 4.78 is 43.8. The van der Waals surface area contributed by atoms with Gasteiger partial charge in [-0.25, -0.2) is 0 Å². The van der Waals surface area contributed by atoms with Crippen molar-refractivity contribution in [1.82, 2.24) is 0 Å². The fraction of sp³-hybridized carbons (Fsp3) is 0.581. The van der Waals surface area contributed by atoms with E-state index in [4.69, 9.17) is 4.74 Å². The van der Waals surface area contributed by atoms with Crippen LogP contribution in [0.25, 0.3) is 0 Å². The van der Waals surface area contributed by atoms with E-state index in [1.165, 1.54) is 63.5 Å². The number of phenolic OH excluding ortho intramolecular Hbond substituents is 1. The summed E-state index contributed by atoms with van der Waals surface area (Å²) in [5.74, 6) is -0.911. The predicted molar refractivity (Wildman–Crippen MR) is 146 cm³/mol. The summed E-state index contributed by atoms with van der Waals surface area (Å²) in [6.45, 7) is 4.43. The molecule has 1 aliphatic heterocycles. The molecule has 2 aromatic rings. The molecule has 2 N–H and O–H groups in total. The zero-order valence-corrected chi connectivity index (χ0v) is 22.8. The van der Waals surface area contributed by atoms with Crippen LogP contribution in [0, 0.1) is 0 Å². The number of aromatic hydroxyl groups is 1. The predicted octanol–water partition coefficient (Wildman–Crippen LogP) is 8.68. The van der Waals surface area contributed by atoms with Gasteiger partial charge in [0.1, 0.15) is 17.1 Å². The molecule has 0 bridgehead atoms. The number of hydrogen-bond acceptors (Lipinski definition) is 3. The van der Waals surface area contributed by atoms with Gasteiger partial charge in [-0.1, -0.05) is 70.4 Å². The number of hydrogen-bond donors (Lipinski definition) is 2. The molecule has 3 rings (SSSR count). The van der Waals surface area contributed by atoms with Crippen molar-refractivity contribution in [1.29, 1.82) is 0 Å². The molecule has 0 aliphatic carbocycles. The van der Waals surface area contributed by atoms with Crippen LogP contribution in [-0.2, 0) is 24.1 Å². The number of carbonyl (C=O) groups is 1. The Kier molecular flexibility index (Phi) is 10.9. The zero-order valence-electron chi connectivity index (χ0n) is 22.8. The Bertz CT molecular complexity index is 1040. The first kappa shape index (κ1) is 29.9. The van der Waals surface area contributed by atoms with E-state index in [0.29, 0.717) is 12.8 Å². The van der Waals surface area contributed by atoms with Gasteiger partial charge in [0.15, 0.2) is 0 Å². The van der Waals surface area contributed by atoms with E-state index in [1.54, 1.807) is 18.2 Å². The number of halogens is 3. The second kappa shape index (κ2) is 13.9. The first-order chi connectivity index (χ1) is 18.1. The topological polar surface area (TPSA) is 58.6 Å². The SMILES string of the molecule is CCCCCCCCCCCC1(C)CCc2cc(O)c(CCc3ccc(NC(=O)C(F)(F)F)cc3)cc2O1. The quantitative estimate of drug-likeness (QED) is 0.239. The lowest BCUT2D eigenvalue weighted by Gasteiger charge is -2.36. The number of ether oxygens (including phenoxy) is 1. The van der Waals surface area contributed by atoms with Gasteiger partial charge in [0, 0.05) is 5.69 Å². The highest BCUT2D eigenvalue weighted by atomic mass is 19.4. The van der Waals surface area contributed by atoms with Crippen LogP contribution in [0.5, 0.6) is 11.5 Å². The molecule has 210 valence electrons. The Balaban J connectivity index is 1.48. The van der Waals surface area contributed by atoms with Crippen molar-refractivity contribution in [3.8, 4) is 11.5 Å². The van der Waals surface area contributed by atoms with Crippen molar-refractivity contribution in [2.75, 3.05) is 5.32 Å². The number of nitrogens with one attached hydrogen (secondary N) is 1. The molecule has 1 unspecified atom stereocenters. The van der Waals surface area contributed by atoms with Crippen LogP contribution in [0.1, 0.15) is 101 Å². The van der Waals surface area contributed by atoms with Crippen LogP contribution in [-0.4, -0.2) is 22.8 Å². The lowest BCUT2D eigenvalue weighted by molar-refractivity contribution is -0.167. The molecule has 0 saturated heterocycles. The standard InChI is InChI=1S/C31H42F3NO3/c1-3-4-5-6-7-8-9-10-11-19-30(2)20-18-25-21-27(36)24(22-28(25)38-30)15-12-23-13-16-26(17-14-23)35-29(37)31(32,33)34/h13-14,16-17,21-22,36H,3-12,15,18-20H2,1-2H3,(H,35,37). The van der Waals surface area contributed by atoms with E-state index >= 15 is 0 Å². The Hall–Kier alpha value is -2.70. The van der Waals surface area contributed by atoms with Crippen LogP contribution in [0.4, 0.5) is 18.9 Å². The van der Waals surface area contributed by atoms with Gasteiger partial charge in [-0.05, 0) is 86.4 Å². The first-order valence-electron chi connectivity index (χ1n) is 14.1. The lowest BCUT2D eigenvalue weighted by atomic mass is 9.87. The van der Waals surface area contributed by atoms with Crippen LogP contribution in [0.3, 0.4) is 0 Å². The molecule has 4 nitrogen and oxygen atoms in total. The smallest absolute Gasteiger partial charge is 0.471 e. The average molecular weight is 534 g/mol. The molecule has 0 saturated carbocycles. The van der Waals surface area contributed by atoms with Crippen molar-refractivity contribution in [2.24, 2.45) is 0 Å². The molecule has 1 heterocycles. The number of alkyl halides is 3. The van der Waals surface area contributed by atoms with Crippen LogP contribution >= 0.6 is 0 Å². The summed E-state index contributed by atoms with van der Waals surface area (Å²) in [7, 11) is 0. The maximum absolute atomic E-state index is 12.4. The summed E-state index contributed by atoms with van der Waals surface area (Å²) in [6, 6.07) is 10.0. The molecular formula is C31H42F3NO3. The minimum Gasteiger partial charge on any atom is -0.508 e. The summed E-state index contributed by atoms with van der Waals surface area (Å²) >= 11 is 0. The van der Waals surface area contributed by atoms with Gasteiger partial charge in [0.2, 0.25) is 0 Å². The highest BCUT2D eigenvalue weighted by Gasteiger charge is 2.38. The van der Waals surface area contributed by atoms with Gasteiger partial charge >= 0.3 is 12.1 Å².